The second-order valence-corrected chi connectivity index (χ2v) is 4.67. The first-order chi connectivity index (χ1) is 8.54. The lowest BCUT2D eigenvalue weighted by Gasteiger charge is -2.09. The topological polar surface area (TPSA) is 30.0 Å². The van der Waals surface area contributed by atoms with Crippen molar-refractivity contribution in [1.29, 1.82) is 0 Å². The van der Waals surface area contributed by atoms with Crippen LogP contribution >= 0.6 is 34.8 Å². The van der Waals surface area contributed by atoms with Crippen molar-refractivity contribution in [2.75, 3.05) is 0 Å². The van der Waals surface area contributed by atoms with E-state index >= 15 is 0 Å². The molecule has 2 rings (SSSR count). The maximum Gasteiger partial charge on any atom is 0.153 e. The number of hydrogen-bond acceptors (Lipinski definition) is 2. The minimum Gasteiger partial charge on any atom is -0.298 e. The zero-order valence-corrected chi connectivity index (χ0v) is 11.0. The summed E-state index contributed by atoms with van der Waals surface area (Å²) in [4.78, 5) is 14.6. The van der Waals surface area contributed by atoms with Gasteiger partial charge in [-0.15, -0.1) is 0 Å². The van der Waals surface area contributed by atoms with E-state index in [0.717, 1.165) is 6.20 Å². The Morgan fingerprint density at radius 1 is 1.11 bits per heavy atom. The maximum atomic E-state index is 13.5. The van der Waals surface area contributed by atoms with Gasteiger partial charge in [0, 0.05) is 22.3 Å². The Bertz CT molecular complexity index is 631. The van der Waals surface area contributed by atoms with Crippen molar-refractivity contribution in [3.8, 4) is 11.1 Å². The van der Waals surface area contributed by atoms with Crippen LogP contribution in [0.5, 0.6) is 0 Å². The monoisotopic (exact) mass is 303 g/mol. The first-order valence-corrected chi connectivity index (χ1v) is 5.91. The second kappa shape index (κ2) is 5.22. The van der Waals surface area contributed by atoms with E-state index in [0.29, 0.717) is 16.9 Å². The first-order valence-electron chi connectivity index (χ1n) is 4.78. The minimum atomic E-state index is -0.727. The molecule has 6 heteroatoms. The van der Waals surface area contributed by atoms with Crippen LogP contribution in [0.1, 0.15) is 10.4 Å². The summed E-state index contributed by atoms with van der Waals surface area (Å²) in [6, 6.07) is 2.96. The Balaban J connectivity index is 2.77. The minimum absolute atomic E-state index is 0.134. The molecule has 1 aromatic heterocycles. The van der Waals surface area contributed by atoms with E-state index in [4.69, 9.17) is 34.8 Å². The van der Waals surface area contributed by atoms with E-state index in [2.05, 4.69) is 4.98 Å². The average molecular weight is 305 g/mol. The standard InChI is InChI=1S/C12H5Cl3FNO/c13-6-1-7(12(15)10(14)2-6)8-3-17-4-11(16)9(8)5-18/h1-5H. The smallest absolute Gasteiger partial charge is 0.153 e. The van der Waals surface area contributed by atoms with Gasteiger partial charge in [0.15, 0.2) is 12.1 Å². The van der Waals surface area contributed by atoms with Gasteiger partial charge in [0.1, 0.15) is 0 Å². The predicted octanol–water partition coefficient (Wildman–Crippen LogP) is 4.66. The van der Waals surface area contributed by atoms with E-state index < -0.39 is 5.82 Å². The summed E-state index contributed by atoms with van der Waals surface area (Å²) in [5.74, 6) is -0.727. The molecule has 0 aliphatic rings. The molecule has 0 bridgehead atoms. The zero-order chi connectivity index (χ0) is 13.3. The zero-order valence-electron chi connectivity index (χ0n) is 8.75. The maximum absolute atomic E-state index is 13.5. The molecular formula is C12H5Cl3FNO. The van der Waals surface area contributed by atoms with E-state index in [1.807, 2.05) is 0 Å². The quantitative estimate of drug-likeness (QED) is 0.596. The van der Waals surface area contributed by atoms with Crippen LogP contribution in [-0.4, -0.2) is 11.3 Å². The van der Waals surface area contributed by atoms with Gasteiger partial charge >= 0.3 is 0 Å². The van der Waals surface area contributed by atoms with E-state index in [-0.39, 0.29) is 21.2 Å². The fourth-order valence-corrected chi connectivity index (χ4v) is 2.24. The summed E-state index contributed by atoms with van der Waals surface area (Å²) < 4.78 is 13.5. The highest BCUT2D eigenvalue weighted by atomic mass is 35.5. The van der Waals surface area contributed by atoms with Crippen LogP contribution < -0.4 is 0 Å². The number of aldehydes is 1. The molecular weight excluding hydrogens is 299 g/mol. The molecule has 0 aliphatic carbocycles. The highest BCUT2D eigenvalue weighted by molar-refractivity contribution is 6.45. The van der Waals surface area contributed by atoms with Crippen molar-refractivity contribution in [2.45, 2.75) is 0 Å². The van der Waals surface area contributed by atoms with Crippen LogP contribution in [0.2, 0.25) is 15.1 Å². The van der Waals surface area contributed by atoms with Gasteiger partial charge in [0.2, 0.25) is 0 Å². The molecule has 0 N–H and O–H groups in total. The Labute approximate surface area is 117 Å². The molecule has 2 aromatic rings. The Morgan fingerprint density at radius 2 is 1.83 bits per heavy atom. The SMILES string of the molecule is O=Cc1c(F)cncc1-c1cc(Cl)cc(Cl)c1Cl. The third kappa shape index (κ3) is 2.34. The predicted molar refractivity (Wildman–Crippen MR) is 70.0 cm³/mol. The van der Waals surface area contributed by atoms with Crippen LogP contribution in [-0.2, 0) is 0 Å². The summed E-state index contributed by atoms with van der Waals surface area (Å²) in [6.45, 7) is 0. The van der Waals surface area contributed by atoms with Gasteiger partial charge in [0.05, 0.1) is 21.8 Å². The summed E-state index contributed by atoms with van der Waals surface area (Å²) in [5, 5.41) is 0.748. The summed E-state index contributed by atoms with van der Waals surface area (Å²) in [7, 11) is 0. The first kappa shape index (κ1) is 13.3. The van der Waals surface area contributed by atoms with Crippen molar-refractivity contribution < 1.29 is 9.18 Å². The summed E-state index contributed by atoms with van der Waals surface area (Å²) in [6.07, 6.45) is 2.69. The van der Waals surface area contributed by atoms with Crippen molar-refractivity contribution in [1.82, 2.24) is 4.98 Å². The molecule has 1 heterocycles. The molecule has 92 valence electrons. The fourth-order valence-electron chi connectivity index (χ4n) is 1.53. The molecule has 1 aromatic carbocycles. The van der Waals surface area contributed by atoms with E-state index in [1.165, 1.54) is 18.3 Å². The van der Waals surface area contributed by atoms with Crippen LogP contribution in [0, 0.1) is 5.82 Å². The van der Waals surface area contributed by atoms with Crippen LogP contribution in [0.4, 0.5) is 4.39 Å². The molecule has 0 unspecified atom stereocenters. The van der Waals surface area contributed by atoms with Gasteiger partial charge in [-0.1, -0.05) is 34.8 Å². The molecule has 0 aliphatic heterocycles. The number of halogens is 4. The van der Waals surface area contributed by atoms with Gasteiger partial charge in [-0.3, -0.25) is 9.78 Å². The van der Waals surface area contributed by atoms with Crippen molar-refractivity contribution >= 4 is 41.1 Å². The number of hydrogen-bond donors (Lipinski definition) is 0. The van der Waals surface area contributed by atoms with Crippen molar-refractivity contribution in [3.05, 3.63) is 51.0 Å². The largest absolute Gasteiger partial charge is 0.298 e. The second-order valence-electron chi connectivity index (χ2n) is 3.45. The molecule has 2 nitrogen and oxygen atoms in total. The Hall–Kier alpha value is -1.16. The van der Waals surface area contributed by atoms with Gasteiger partial charge in [-0.25, -0.2) is 4.39 Å². The summed E-state index contributed by atoms with van der Waals surface area (Å²) >= 11 is 17.8. The molecule has 18 heavy (non-hydrogen) atoms. The third-order valence-electron chi connectivity index (χ3n) is 2.34. The highest BCUT2D eigenvalue weighted by Gasteiger charge is 2.15. The molecule has 0 saturated carbocycles. The molecule has 0 saturated heterocycles. The van der Waals surface area contributed by atoms with Gasteiger partial charge in [-0.05, 0) is 12.1 Å². The summed E-state index contributed by atoms with van der Waals surface area (Å²) in [5.41, 5.74) is 0.480. The molecule has 0 atom stereocenters. The number of carbonyl (C=O) groups excluding carboxylic acids is 1. The number of benzene rings is 1. The van der Waals surface area contributed by atoms with E-state index in [1.54, 1.807) is 0 Å². The number of carbonyl (C=O) groups is 1. The van der Waals surface area contributed by atoms with Crippen molar-refractivity contribution in [3.63, 3.8) is 0 Å². The third-order valence-corrected chi connectivity index (χ3v) is 3.36. The van der Waals surface area contributed by atoms with Gasteiger partial charge < -0.3 is 0 Å². The molecule has 0 radical (unpaired) electrons. The average Bonchev–Trinajstić information content (AvgIpc) is 2.33. The van der Waals surface area contributed by atoms with Crippen LogP contribution in [0.3, 0.4) is 0 Å². The molecule has 0 fully saturated rings. The number of pyridine rings is 1. The molecule has 0 amide bonds. The van der Waals surface area contributed by atoms with Crippen LogP contribution in [0.25, 0.3) is 11.1 Å². The van der Waals surface area contributed by atoms with Crippen LogP contribution in [0.15, 0.2) is 24.5 Å². The van der Waals surface area contributed by atoms with Crippen molar-refractivity contribution in [2.24, 2.45) is 0 Å². The lowest BCUT2D eigenvalue weighted by Crippen LogP contribution is -1.95. The fraction of sp³-hybridized carbons (Fsp3) is 0. The van der Waals surface area contributed by atoms with Gasteiger partial charge in [-0.2, -0.15) is 0 Å². The number of aromatic nitrogens is 1. The van der Waals surface area contributed by atoms with Gasteiger partial charge in [0.25, 0.3) is 0 Å². The lowest BCUT2D eigenvalue weighted by molar-refractivity contribution is 0.112. The number of rotatable bonds is 2. The normalized spacial score (nSPS) is 10.4. The van der Waals surface area contributed by atoms with E-state index in [9.17, 15) is 9.18 Å². The Kier molecular flexibility index (Phi) is 3.85. The number of nitrogens with zero attached hydrogens (tertiary/aromatic N) is 1. The highest BCUT2D eigenvalue weighted by Crippen LogP contribution is 2.37. The lowest BCUT2D eigenvalue weighted by atomic mass is 10.0. The Morgan fingerprint density at radius 3 is 2.50 bits per heavy atom. The molecule has 0 spiro atoms.